The average Bonchev–Trinajstić information content (AvgIpc) is 2.85. The largest absolute Gasteiger partial charge is 0.459 e. The second-order valence-corrected chi connectivity index (χ2v) is 7.51. The molecule has 1 aromatic carbocycles. The standard InChI is InChI=1S/C14H18N2OS2/c1-9-14(19-7-6-18-9)13(16-15)12-8-10-4-2-3-5-11(10)17-12/h2-5,8-9,13-14,16H,6-7,15H2,1H3. The number of benzene rings is 1. The predicted molar refractivity (Wildman–Crippen MR) is 84.4 cm³/mol. The monoisotopic (exact) mass is 294 g/mol. The van der Waals surface area contributed by atoms with Crippen LogP contribution < -0.4 is 11.3 Å². The van der Waals surface area contributed by atoms with Gasteiger partial charge < -0.3 is 4.42 Å². The van der Waals surface area contributed by atoms with Crippen molar-refractivity contribution in [1.82, 2.24) is 5.43 Å². The molecule has 3 rings (SSSR count). The lowest BCUT2D eigenvalue weighted by Gasteiger charge is -2.32. The van der Waals surface area contributed by atoms with Gasteiger partial charge in [0.15, 0.2) is 0 Å². The smallest absolute Gasteiger partial charge is 0.134 e. The molecule has 3 unspecified atom stereocenters. The van der Waals surface area contributed by atoms with E-state index in [1.165, 1.54) is 11.5 Å². The van der Waals surface area contributed by atoms with E-state index >= 15 is 0 Å². The van der Waals surface area contributed by atoms with Gasteiger partial charge >= 0.3 is 0 Å². The number of hydrogen-bond acceptors (Lipinski definition) is 5. The molecular formula is C14H18N2OS2. The molecule has 2 heterocycles. The van der Waals surface area contributed by atoms with Crippen molar-refractivity contribution in [3.05, 3.63) is 36.1 Å². The molecule has 3 atom stereocenters. The molecule has 0 bridgehead atoms. The fourth-order valence-electron chi connectivity index (χ4n) is 2.51. The van der Waals surface area contributed by atoms with Crippen LogP contribution in [0.25, 0.3) is 11.0 Å². The second kappa shape index (κ2) is 5.79. The summed E-state index contributed by atoms with van der Waals surface area (Å²) in [5.41, 5.74) is 3.88. The summed E-state index contributed by atoms with van der Waals surface area (Å²) >= 11 is 4.00. The van der Waals surface area contributed by atoms with Gasteiger partial charge in [-0.15, -0.1) is 0 Å². The molecule has 0 spiro atoms. The van der Waals surface area contributed by atoms with Crippen LogP contribution in [0.2, 0.25) is 0 Å². The fraction of sp³-hybridized carbons (Fsp3) is 0.429. The van der Waals surface area contributed by atoms with E-state index in [4.69, 9.17) is 10.3 Å². The van der Waals surface area contributed by atoms with Crippen molar-refractivity contribution >= 4 is 34.5 Å². The molecule has 1 fully saturated rings. The Morgan fingerprint density at radius 1 is 1.32 bits per heavy atom. The Morgan fingerprint density at radius 2 is 2.11 bits per heavy atom. The lowest BCUT2D eigenvalue weighted by Crippen LogP contribution is -2.40. The molecule has 3 N–H and O–H groups in total. The SMILES string of the molecule is CC1SCCSC1C(NN)c1cc2ccccc2o1. The first-order valence-corrected chi connectivity index (χ1v) is 8.57. The van der Waals surface area contributed by atoms with Crippen molar-refractivity contribution in [2.45, 2.75) is 23.5 Å². The van der Waals surface area contributed by atoms with Crippen molar-refractivity contribution in [1.29, 1.82) is 0 Å². The van der Waals surface area contributed by atoms with Gasteiger partial charge in [-0.1, -0.05) is 25.1 Å². The van der Waals surface area contributed by atoms with E-state index in [-0.39, 0.29) is 6.04 Å². The van der Waals surface area contributed by atoms with Crippen LogP contribution >= 0.6 is 23.5 Å². The lowest BCUT2D eigenvalue weighted by molar-refractivity contribution is 0.424. The number of para-hydroxylation sites is 1. The Hall–Kier alpha value is -0.620. The molecule has 102 valence electrons. The zero-order chi connectivity index (χ0) is 13.2. The summed E-state index contributed by atoms with van der Waals surface area (Å²) in [5, 5.41) is 2.16. The Labute approximate surface area is 121 Å². The van der Waals surface area contributed by atoms with Gasteiger partial charge in [0.1, 0.15) is 11.3 Å². The summed E-state index contributed by atoms with van der Waals surface area (Å²) in [6, 6.07) is 10.3. The Kier molecular flexibility index (Phi) is 4.07. The maximum Gasteiger partial charge on any atom is 0.134 e. The minimum absolute atomic E-state index is 0.0696. The zero-order valence-electron chi connectivity index (χ0n) is 10.8. The average molecular weight is 294 g/mol. The van der Waals surface area contributed by atoms with Gasteiger partial charge in [0.05, 0.1) is 6.04 Å². The van der Waals surface area contributed by atoms with Crippen LogP contribution in [-0.4, -0.2) is 22.0 Å². The number of nitrogens with one attached hydrogen (secondary N) is 1. The summed E-state index contributed by atoms with van der Waals surface area (Å²) in [6.45, 7) is 2.27. The van der Waals surface area contributed by atoms with E-state index in [9.17, 15) is 0 Å². The van der Waals surface area contributed by atoms with Gasteiger partial charge in [0.2, 0.25) is 0 Å². The highest BCUT2D eigenvalue weighted by atomic mass is 32.2. The van der Waals surface area contributed by atoms with E-state index in [0.717, 1.165) is 16.7 Å². The summed E-state index contributed by atoms with van der Waals surface area (Å²) in [7, 11) is 0. The number of hydrogen-bond donors (Lipinski definition) is 2. The maximum absolute atomic E-state index is 5.96. The summed E-state index contributed by atoms with van der Waals surface area (Å²) < 4.78 is 5.96. The van der Waals surface area contributed by atoms with Gasteiger partial charge in [0.25, 0.3) is 0 Å². The van der Waals surface area contributed by atoms with Gasteiger partial charge in [-0.3, -0.25) is 5.84 Å². The molecule has 0 saturated carbocycles. The van der Waals surface area contributed by atoms with Crippen LogP contribution in [0.3, 0.4) is 0 Å². The third-order valence-electron chi connectivity index (χ3n) is 3.50. The highest BCUT2D eigenvalue weighted by Crippen LogP contribution is 2.39. The Bertz CT molecular complexity index is 524. The summed E-state index contributed by atoms with van der Waals surface area (Å²) in [4.78, 5) is 0. The minimum atomic E-state index is 0.0696. The van der Waals surface area contributed by atoms with Crippen LogP contribution in [0, 0.1) is 0 Å². The molecule has 3 nitrogen and oxygen atoms in total. The molecule has 0 aliphatic carbocycles. The Morgan fingerprint density at radius 3 is 2.84 bits per heavy atom. The van der Waals surface area contributed by atoms with Crippen LogP contribution in [0.5, 0.6) is 0 Å². The third-order valence-corrected chi connectivity index (χ3v) is 6.69. The van der Waals surface area contributed by atoms with Crippen LogP contribution in [0.1, 0.15) is 18.7 Å². The number of hydrazine groups is 1. The van der Waals surface area contributed by atoms with Crippen LogP contribution in [0.4, 0.5) is 0 Å². The minimum Gasteiger partial charge on any atom is -0.459 e. The molecule has 1 aromatic heterocycles. The van der Waals surface area contributed by atoms with Gasteiger partial charge in [-0.05, 0) is 12.1 Å². The molecule has 2 aromatic rings. The van der Waals surface area contributed by atoms with Crippen molar-refractivity contribution in [2.24, 2.45) is 5.84 Å². The zero-order valence-corrected chi connectivity index (χ0v) is 12.5. The van der Waals surface area contributed by atoms with Gasteiger partial charge in [0, 0.05) is 27.4 Å². The number of thioether (sulfide) groups is 2. The number of fused-ring (bicyclic) bond motifs is 1. The predicted octanol–water partition coefficient (Wildman–Crippen LogP) is 3.17. The molecule has 0 amide bonds. The van der Waals surface area contributed by atoms with E-state index in [1.807, 2.05) is 41.7 Å². The van der Waals surface area contributed by atoms with Crippen molar-refractivity contribution < 1.29 is 4.42 Å². The molecule has 19 heavy (non-hydrogen) atoms. The van der Waals surface area contributed by atoms with E-state index in [1.54, 1.807) is 0 Å². The van der Waals surface area contributed by atoms with Gasteiger partial charge in [-0.25, -0.2) is 5.43 Å². The first-order chi connectivity index (χ1) is 9.29. The molecule has 1 aliphatic rings. The molecule has 1 aliphatic heterocycles. The summed E-state index contributed by atoms with van der Waals surface area (Å²) in [6.07, 6.45) is 0. The number of rotatable bonds is 3. The first kappa shape index (κ1) is 13.4. The van der Waals surface area contributed by atoms with Crippen molar-refractivity contribution in [3.8, 4) is 0 Å². The van der Waals surface area contributed by atoms with Crippen LogP contribution in [-0.2, 0) is 0 Å². The van der Waals surface area contributed by atoms with Crippen molar-refractivity contribution in [2.75, 3.05) is 11.5 Å². The topological polar surface area (TPSA) is 51.2 Å². The van der Waals surface area contributed by atoms with Gasteiger partial charge in [-0.2, -0.15) is 23.5 Å². The summed E-state index contributed by atoms with van der Waals surface area (Å²) in [5.74, 6) is 9.13. The maximum atomic E-state index is 5.96. The highest BCUT2D eigenvalue weighted by molar-refractivity contribution is 8.07. The third kappa shape index (κ3) is 2.65. The number of furan rings is 1. The van der Waals surface area contributed by atoms with Crippen molar-refractivity contribution in [3.63, 3.8) is 0 Å². The molecule has 5 heteroatoms. The second-order valence-electron chi connectivity index (χ2n) is 4.74. The first-order valence-electron chi connectivity index (χ1n) is 6.47. The molecule has 1 saturated heterocycles. The quantitative estimate of drug-likeness (QED) is 0.672. The van der Waals surface area contributed by atoms with E-state index in [2.05, 4.69) is 24.5 Å². The molecule has 0 radical (unpaired) electrons. The number of nitrogens with two attached hydrogens (primary N) is 1. The molecular weight excluding hydrogens is 276 g/mol. The Balaban J connectivity index is 1.92. The van der Waals surface area contributed by atoms with Crippen LogP contribution in [0.15, 0.2) is 34.7 Å². The normalized spacial score (nSPS) is 25.6. The lowest BCUT2D eigenvalue weighted by atomic mass is 10.1. The van der Waals surface area contributed by atoms with E-state index < -0.39 is 0 Å². The fourth-order valence-corrected chi connectivity index (χ4v) is 5.42. The van der Waals surface area contributed by atoms with E-state index in [0.29, 0.717) is 10.5 Å². The highest BCUT2D eigenvalue weighted by Gasteiger charge is 2.32.